The lowest BCUT2D eigenvalue weighted by atomic mass is 9.82. The summed E-state index contributed by atoms with van der Waals surface area (Å²) in [4.78, 5) is 7.47. The van der Waals surface area contributed by atoms with E-state index in [0.29, 0.717) is 5.84 Å². The number of hydrogen-bond acceptors (Lipinski definition) is 4. The minimum Gasteiger partial charge on any atom is -0.322 e. The molecule has 5 rings (SSSR count). The predicted molar refractivity (Wildman–Crippen MR) is 129 cm³/mol. The number of benzene rings is 3. The van der Waals surface area contributed by atoms with E-state index in [-0.39, 0.29) is 4.90 Å². The van der Waals surface area contributed by atoms with Crippen LogP contribution in [0.3, 0.4) is 0 Å². The van der Waals surface area contributed by atoms with E-state index in [1.807, 2.05) is 61.7 Å². The highest BCUT2D eigenvalue weighted by Gasteiger charge is 2.45. The van der Waals surface area contributed by atoms with Crippen molar-refractivity contribution in [3.8, 4) is 0 Å². The molecule has 162 valence electrons. The molecule has 32 heavy (non-hydrogen) atoms. The zero-order chi connectivity index (χ0) is 22.2. The molecule has 0 unspecified atom stereocenters. The number of para-hydroxylation sites is 1. The van der Waals surface area contributed by atoms with Gasteiger partial charge in [0.1, 0.15) is 11.5 Å². The number of aryl methyl sites for hydroxylation is 1. The summed E-state index contributed by atoms with van der Waals surface area (Å²) in [7, 11) is -3.77. The van der Waals surface area contributed by atoms with Crippen LogP contribution in [0.1, 0.15) is 30.4 Å². The SMILES string of the molecule is Cc1ccc(S(=O)(=O)NC2=NC3(CCC3)N(c3ccccc3)C=C2c2ccccc2)cc1. The molecular weight excluding hydrogens is 418 g/mol. The molecule has 1 fully saturated rings. The average molecular weight is 444 g/mol. The van der Waals surface area contributed by atoms with Crippen LogP contribution in [-0.2, 0) is 10.0 Å². The highest BCUT2D eigenvalue weighted by molar-refractivity contribution is 7.90. The number of hydrogen-bond donors (Lipinski definition) is 1. The lowest BCUT2D eigenvalue weighted by Crippen LogP contribution is -2.54. The van der Waals surface area contributed by atoms with Crippen molar-refractivity contribution in [1.82, 2.24) is 4.72 Å². The number of sulfonamides is 1. The summed E-state index contributed by atoms with van der Waals surface area (Å²) < 4.78 is 29.3. The van der Waals surface area contributed by atoms with Crippen LogP contribution in [0.2, 0.25) is 0 Å². The van der Waals surface area contributed by atoms with Crippen LogP contribution in [-0.4, -0.2) is 19.9 Å². The lowest BCUT2D eigenvalue weighted by molar-refractivity contribution is 0.255. The van der Waals surface area contributed by atoms with Gasteiger partial charge in [0.2, 0.25) is 0 Å². The fourth-order valence-corrected chi connectivity index (χ4v) is 5.21. The Morgan fingerprint density at radius 2 is 1.50 bits per heavy atom. The first-order chi connectivity index (χ1) is 15.5. The van der Waals surface area contributed by atoms with Crippen molar-refractivity contribution in [3.05, 3.63) is 102 Å². The first-order valence-electron chi connectivity index (χ1n) is 10.8. The molecule has 1 heterocycles. The van der Waals surface area contributed by atoms with Gasteiger partial charge < -0.3 is 4.90 Å². The Morgan fingerprint density at radius 3 is 2.09 bits per heavy atom. The Morgan fingerprint density at radius 1 is 0.875 bits per heavy atom. The first-order valence-corrected chi connectivity index (χ1v) is 12.3. The highest BCUT2D eigenvalue weighted by atomic mass is 32.2. The molecule has 1 saturated carbocycles. The van der Waals surface area contributed by atoms with Crippen LogP contribution in [0.5, 0.6) is 0 Å². The molecule has 3 aromatic carbocycles. The van der Waals surface area contributed by atoms with E-state index in [4.69, 9.17) is 4.99 Å². The average Bonchev–Trinajstić information content (AvgIpc) is 2.79. The number of anilines is 1. The number of rotatable bonds is 4. The summed E-state index contributed by atoms with van der Waals surface area (Å²) in [6.45, 7) is 1.93. The third-order valence-electron chi connectivity index (χ3n) is 6.12. The summed E-state index contributed by atoms with van der Waals surface area (Å²) in [5, 5.41) is 0. The molecule has 0 saturated heterocycles. The van der Waals surface area contributed by atoms with Crippen LogP contribution < -0.4 is 9.62 Å². The number of nitrogens with one attached hydrogen (secondary N) is 1. The molecule has 1 aliphatic carbocycles. The van der Waals surface area contributed by atoms with Crippen LogP contribution in [0.4, 0.5) is 5.69 Å². The van der Waals surface area contributed by atoms with Gasteiger partial charge in [0.25, 0.3) is 10.0 Å². The Hall–Kier alpha value is -3.38. The Labute approximate surface area is 189 Å². The number of aliphatic imine (C=N–C) groups is 1. The van der Waals surface area contributed by atoms with Gasteiger partial charge in [0, 0.05) is 17.5 Å². The van der Waals surface area contributed by atoms with E-state index in [2.05, 4.69) is 21.8 Å². The number of amidine groups is 1. The van der Waals surface area contributed by atoms with E-state index in [9.17, 15) is 8.42 Å². The molecule has 0 bridgehead atoms. The van der Waals surface area contributed by atoms with Crippen molar-refractivity contribution in [3.63, 3.8) is 0 Å². The third kappa shape index (κ3) is 3.71. The zero-order valence-corrected chi connectivity index (χ0v) is 18.7. The maximum Gasteiger partial charge on any atom is 0.263 e. The maximum absolute atomic E-state index is 13.2. The zero-order valence-electron chi connectivity index (χ0n) is 17.9. The molecule has 1 spiro atoms. The molecule has 0 atom stereocenters. The van der Waals surface area contributed by atoms with Gasteiger partial charge in [-0.2, -0.15) is 0 Å². The smallest absolute Gasteiger partial charge is 0.263 e. The van der Waals surface area contributed by atoms with E-state index < -0.39 is 15.7 Å². The van der Waals surface area contributed by atoms with Gasteiger partial charge in [-0.1, -0.05) is 66.2 Å². The van der Waals surface area contributed by atoms with Gasteiger partial charge in [-0.15, -0.1) is 0 Å². The van der Waals surface area contributed by atoms with Crippen molar-refractivity contribution >= 4 is 27.1 Å². The van der Waals surface area contributed by atoms with Crippen LogP contribution >= 0.6 is 0 Å². The molecule has 6 heteroatoms. The summed E-state index contributed by atoms with van der Waals surface area (Å²) in [6, 6.07) is 26.8. The quantitative estimate of drug-likeness (QED) is 0.609. The standard InChI is InChI=1S/C26H25N3O2S/c1-20-13-15-23(16-14-20)32(30,31)28-25-24(21-9-4-2-5-10-21)19-29(22-11-6-3-7-12-22)26(27-25)17-8-18-26/h2-7,9-16,19H,8,17-18H2,1H3,(H,27,28). The van der Waals surface area contributed by atoms with Crippen molar-refractivity contribution in [2.45, 2.75) is 36.7 Å². The molecule has 1 N–H and O–H groups in total. The predicted octanol–water partition coefficient (Wildman–Crippen LogP) is 5.11. The molecule has 1 aliphatic heterocycles. The summed E-state index contributed by atoms with van der Waals surface area (Å²) in [5.74, 6) is 0.392. The number of nitrogens with zero attached hydrogens (tertiary/aromatic N) is 2. The van der Waals surface area contributed by atoms with Crippen molar-refractivity contribution in [1.29, 1.82) is 0 Å². The Balaban J connectivity index is 1.60. The molecule has 3 aromatic rings. The van der Waals surface area contributed by atoms with Gasteiger partial charge in [-0.3, -0.25) is 4.72 Å². The minimum atomic E-state index is -3.77. The Bertz CT molecular complexity index is 1280. The van der Waals surface area contributed by atoms with Gasteiger partial charge in [0.15, 0.2) is 0 Å². The summed E-state index contributed by atoms with van der Waals surface area (Å²) in [5.41, 5.74) is 3.25. The molecular formula is C26H25N3O2S. The van der Waals surface area contributed by atoms with Gasteiger partial charge in [0.05, 0.1) is 4.90 Å². The highest BCUT2D eigenvalue weighted by Crippen LogP contribution is 2.45. The summed E-state index contributed by atoms with van der Waals surface area (Å²) in [6.07, 6.45) is 4.84. The fourth-order valence-electron chi connectivity index (χ4n) is 4.19. The van der Waals surface area contributed by atoms with Gasteiger partial charge >= 0.3 is 0 Å². The lowest BCUT2D eigenvalue weighted by Gasteiger charge is -2.49. The minimum absolute atomic E-state index is 0.228. The van der Waals surface area contributed by atoms with Crippen LogP contribution in [0.15, 0.2) is 101 Å². The molecule has 5 nitrogen and oxygen atoms in total. The second-order valence-electron chi connectivity index (χ2n) is 8.33. The van der Waals surface area contributed by atoms with E-state index >= 15 is 0 Å². The fraction of sp³-hybridized carbons (Fsp3) is 0.192. The van der Waals surface area contributed by atoms with Crippen LogP contribution in [0, 0.1) is 6.92 Å². The molecule has 0 amide bonds. The topological polar surface area (TPSA) is 61.8 Å². The molecule has 0 radical (unpaired) electrons. The largest absolute Gasteiger partial charge is 0.322 e. The maximum atomic E-state index is 13.2. The molecule has 0 aromatic heterocycles. The second kappa shape index (κ2) is 7.95. The normalized spacial score (nSPS) is 17.3. The Kier molecular flexibility index (Phi) is 5.10. The second-order valence-corrected chi connectivity index (χ2v) is 10.0. The van der Waals surface area contributed by atoms with E-state index in [1.165, 1.54) is 0 Å². The van der Waals surface area contributed by atoms with Gasteiger partial charge in [-0.05, 0) is 56.0 Å². The third-order valence-corrected chi connectivity index (χ3v) is 7.47. The first kappa shape index (κ1) is 20.5. The van der Waals surface area contributed by atoms with Crippen LogP contribution in [0.25, 0.3) is 5.57 Å². The summed E-state index contributed by atoms with van der Waals surface area (Å²) >= 11 is 0. The van der Waals surface area contributed by atoms with Crippen molar-refractivity contribution in [2.75, 3.05) is 4.90 Å². The van der Waals surface area contributed by atoms with E-state index in [1.54, 1.807) is 24.3 Å². The monoisotopic (exact) mass is 443 g/mol. The van der Waals surface area contributed by atoms with E-state index in [0.717, 1.165) is 41.6 Å². The van der Waals surface area contributed by atoms with Crippen molar-refractivity contribution in [2.24, 2.45) is 4.99 Å². The molecule has 2 aliphatic rings. The van der Waals surface area contributed by atoms with Crippen molar-refractivity contribution < 1.29 is 8.42 Å². The van der Waals surface area contributed by atoms with Gasteiger partial charge in [-0.25, -0.2) is 13.4 Å².